The Bertz CT molecular complexity index is 824. The molecule has 122 valence electrons. The number of furan rings is 1. The molecular weight excluding hydrogens is 304 g/mol. The Morgan fingerprint density at radius 2 is 1.96 bits per heavy atom. The van der Waals surface area contributed by atoms with Gasteiger partial charge in [-0.3, -0.25) is 4.79 Å². The zero-order chi connectivity index (χ0) is 16.9. The van der Waals surface area contributed by atoms with Gasteiger partial charge in [0.15, 0.2) is 0 Å². The number of aromatic nitrogens is 1. The third-order valence-corrected chi connectivity index (χ3v) is 3.55. The predicted molar refractivity (Wildman–Crippen MR) is 90.1 cm³/mol. The second-order valence-corrected chi connectivity index (χ2v) is 5.42. The standard InChI is InChI=1S/C19H18N2O3/c1-13-10-16(14(2)23-13)12-21-19(22)15-8-9-18(20-11-15)24-17-6-4-3-5-7-17/h3-11H,12H2,1-2H3,(H,21,22). The van der Waals surface area contributed by atoms with Crippen molar-refractivity contribution in [3.05, 3.63) is 77.4 Å². The van der Waals surface area contributed by atoms with Crippen LogP contribution in [0.4, 0.5) is 0 Å². The normalized spacial score (nSPS) is 10.4. The van der Waals surface area contributed by atoms with Gasteiger partial charge in [0.2, 0.25) is 5.88 Å². The minimum Gasteiger partial charge on any atom is -0.466 e. The molecule has 0 radical (unpaired) electrons. The second kappa shape index (κ2) is 7.00. The third-order valence-electron chi connectivity index (χ3n) is 3.55. The summed E-state index contributed by atoms with van der Waals surface area (Å²) in [4.78, 5) is 16.4. The minimum atomic E-state index is -0.188. The zero-order valence-electron chi connectivity index (χ0n) is 13.6. The van der Waals surface area contributed by atoms with Gasteiger partial charge < -0.3 is 14.5 Å². The fraction of sp³-hybridized carbons (Fsp3) is 0.158. The van der Waals surface area contributed by atoms with Crippen molar-refractivity contribution in [2.24, 2.45) is 0 Å². The highest BCUT2D eigenvalue weighted by molar-refractivity contribution is 5.93. The Morgan fingerprint density at radius 3 is 2.58 bits per heavy atom. The third kappa shape index (κ3) is 3.81. The van der Waals surface area contributed by atoms with Crippen LogP contribution < -0.4 is 10.1 Å². The molecule has 24 heavy (non-hydrogen) atoms. The van der Waals surface area contributed by atoms with E-state index in [2.05, 4.69) is 10.3 Å². The quantitative estimate of drug-likeness (QED) is 0.771. The summed E-state index contributed by atoms with van der Waals surface area (Å²) in [5.74, 6) is 2.61. The monoisotopic (exact) mass is 322 g/mol. The first-order valence-corrected chi connectivity index (χ1v) is 7.65. The van der Waals surface area contributed by atoms with Crippen LogP contribution in [0.15, 0.2) is 59.1 Å². The molecule has 0 saturated heterocycles. The Hall–Kier alpha value is -3.08. The van der Waals surface area contributed by atoms with Crippen molar-refractivity contribution in [1.29, 1.82) is 0 Å². The SMILES string of the molecule is Cc1cc(CNC(=O)c2ccc(Oc3ccccc3)nc2)c(C)o1. The average Bonchev–Trinajstić information content (AvgIpc) is 2.92. The summed E-state index contributed by atoms with van der Waals surface area (Å²) in [6.45, 7) is 4.18. The van der Waals surface area contributed by atoms with Crippen LogP contribution in [-0.2, 0) is 6.54 Å². The number of amides is 1. The van der Waals surface area contributed by atoms with Crippen LogP contribution in [-0.4, -0.2) is 10.9 Å². The summed E-state index contributed by atoms with van der Waals surface area (Å²) in [5.41, 5.74) is 1.45. The molecule has 3 aromatic rings. The summed E-state index contributed by atoms with van der Waals surface area (Å²) in [5, 5.41) is 2.86. The summed E-state index contributed by atoms with van der Waals surface area (Å²) in [6.07, 6.45) is 1.50. The van der Waals surface area contributed by atoms with Crippen molar-refractivity contribution >= 4 is 5.91 Å². The molecule has 0 aliphatic carbocycles. The van der Waals surface area contributed by atoms with Crippen LogP contribution in [0.1, 0.15) is 27.4 Å². The Morgan fingerprint density at radius 1 is 1.17 bits per heavy atom. The van der Waals surface area contributed by atoms with E-state index in [1.54, 1.807) is 12.1 Å². The number of rotatable bonds is 5. The molecule has 0 spiro atoms. The maximum Gasteiger partial charge on any atom is 0.253 e. The van der Waals surface area contributed by atoms with Gasteiger partial charge in [-0.1, -0.05) is 18.2 Å². The molecule has 5 heteroatoms. The summed E-state index contributed by atoms with van der Waals surface area (Å²) >= 11 is 0. The maximum absolute atomic E-state index is 12.2. The average molecular weight is 322 g/mol. The molecule has 0 aliphatic rings. The number of nitrogens with one attached hydrogen (secondary N) is 1. The number of carbonyl (C=O) groups excluding carboxylic acids is 1. The van der Waals surface area contributed by atoms with Gasteiger partial charge in [0.05, 0.1) is 5.56 Å². The smallest absolute Gasteiger partial charge is 0.253 e. The maximum atomic E-state index is 12.2. The van der Waals surface area contributed by atoms with Crippen LogP contribution in [0.3, 0.4) is 0 Å². The first-order chi connectivity index (χ1) is 11.6. The predicted octanol–water partition coefficient (Wildman–Crippen LogP) is 4.01. The van der Waals surface area contributed by atoms with Crippen molar-refractivity contribution in [3.63, 3.8) is 0 Å². The van der Waals surface area contributed by atoms with Crippen LogP contribution in [0.5, 0.6) is 11.6 Å². The fourth-order valence-corrected chi connectivity index (χ4v) is 2.32. The van der Waals surface area contributed by atoms with Crippen molar-refractivity contribution in [1.82, 2.24) is 10.3 Å². The lowest BCUT2D eigenvalue weighted by molar-refractivity contribution is 0.0950. The number of aryl methyl sites for hydroxylation is 2. The Labute approximate surface area is 140 Å². The lowest BCUT2D eigenvalue weighted by Gasteiger charge is -2.06. The Balaban J connectivity index is 1.60. The molecule has 0 aliphatic heterocycles. The molecule has 1 aromatic carbocycles. The number of hydrogen-bond acceptors (Lipinski definition) is 4. The van der Waals surface area contributed by atoms with E-state index in [4.69, 9.17) is 9.15 Å². The number of nitrogens with zero attached hydrogens (tertiary/aromatic N) is 1. The van der Waals surface area contributed by atoms with E-state index in [0.717, 1.165) is 17.1 Å². The highest BCUT2D eigenvalue weighted by Gasteiger charge is 2.09. The van der Waals surface area contributed by atoms with Crippen molar-refractivity contribution in [3.8, 4) is 11.6 Å². The number of carbonyl (C=O) groups is 1. The number of para-hydroxylation sites is 1. The number of ether oxygens (including phenoxy) is 1. The van der Waals surface area contributed by atoms with Gasteiger partial charge in [-0.2, -0.15) is 0 Å². The van der Waals surface area contributed by atoms with E-state index in [9.17, 15) is 4.79 Å². The number of hydrogen-bond donors (Lipinski definition) is 1. The van der Waals surface area contributed by atoms with Gasteiger partial charge in [-0.15, -0.1) is 0 Å². The molecule has 1 N–H and O–H groups in total. The summed E-state index contributed by atoms with van der Waals surface area (Å²) in [6, 6.07) is 14.7. The molecule has 1 amide bonds. The van der Waals surface area contributed by atoms with Crippen molar-refractivity contribution < 1.29 is 13.9 Å². The van der Waals surface area contributed by atoms with Gasteiger partial charge >= 0.3 is 0 Å². The van der Waals surface area contributed by atoms with Gasteiger partial charge in [0.1, 0.15) is 17.3 Å². The second-order valence-electron chi connectivity index (χ2n) is 5.42. The molecule has 0 atom stereocenters. The van der Waals surface area contributed by atoms with Crippen molar-refractivity contribution in [2.75, 3.05) is 0 Å². The Kier molecular flexibility index (Phi) is 4.61. The molecule has 0 bridgehead atoms. The zero-order valence-corrected chi connectivity index (χ0v) is 13.6. The van der Waals surface area contributed by atoms with Crippen LogP contribution in [0.2, 0.25) is 0 Å². The number of benzene rings is 1. The largest absolute Gasteiger partial charge is 0.466 e. The van der Waals surface area contributed by atoms with E-state index in [1.165, 1.54) is 6.20 Å². The van der Waals surface area contributed by atoms with Crippen molar-refractivity contribution in [2.45, 2.75) is 20.4 Å². The van der Waals surface area contributed by atoms with Crippen LogP contribution in [0, 0.1) is 13.8 Å². The van der Waals surface area contributed by atoms with E-state index in [-0.39, 0.29) is 5.91 Å². The molecule has 2 aromatic heterocycles. The topological polar surface area (TPSA) is 64.4 Å². The molecule has 0 saturated carbocycles. The van der Waals surface area contributed by atoms with E-state index in [0.29, 0.717) is 23.7 Å². The van der Waals surface area contributed by atoms with E-state index in [1.807, 2.05) is 50.2 Å². The molecule has 5 nitrogen and oxygen atoms in total. The van der Waals surface area contributed by atoms with Gasteiger partial charge in [-0.05, 0) is 38.1 Å². The fourth-order valence-electron chi connectivity index (χ4n) is 2.32. The molecule has 0 fully saturated rings. The van der Waals surface area contributed by atoms with Crippen LogP contribution in [0.25, 0.3) is 0 Å². The van der Waals surface area contributed by atoms with Gasteiger partial charge in [0, 0.05) is 24.4 Å². The number of pyridine rings is 1. The van der Waals surface area contributed by atoms with E-state index < -0.39 is 0 Å². The summed E-state index contributed by atoms with van der Waals surface area (Å²) in [7, 11) is 0. The molecule has 2 heterocycles. The minimum absolute atomic E-state index is 0.188. The van der Waals surface area contributed by atoms with Gasteiger partial charge in [0.25, 0.3) is 5.91 Å². The van der Waals surface area contributed by atoms with Gasteiger partial charge in [-0.25, -0.2) is 4.98 Å². The van der Waals surface area contributed by atoms with Crippen LogP contribution >= 0.6 is 0 Å². The molecular formula is C19H18N2O3. The highest BCUT2D eigenvalue weighted by atomic mass is 16.5. The van der Waals surface area contributed by atoms with E-state index >= 15 is 0 Å². The summed E-state index contributed by atoms with van der Waals surface area (Å²) < 4.78 is 11.1. The highest BCUT2D eigenvalue weighted by Crippen LogP contribution is 2.18. The molecule has 3 rings (SSSR count). The first-order valence-electron chi connectivity index (χ1n) is 7.65. The lowest BCUT2D eigenvalue weighted by atomic mass is 10.2. The molecule has 0 unspecified atom stereocenters. The first kappa shape index (κ1) is 15.8. The lowest BCUT2D eigenvalue weighted by Crippen LogP contribution is -2.23.